The van der Waals surface area contributed by atoms with Gasteiger partial charge in [-0.1, -0.05) is 12.1 Å². The fourth-order valence-electron chi connectivity index (χ4n) is 2.24. The Morgan fingerprint density at radius 2 is 1.90 bits per heavy atom. The second-order valence-corrected chi connectivity index (χ2v) is 4.65. The molecule has 5 nitrogen and oxygen atoms in total. The van der Waals surface area contributed by atoms with Crippen LogP contribution in [0.2, 0.25) is 0 Å². The highest BCUT2D eigenvalue weighted by molar-refractivity contribution is 5.43. The van der Waals surface area contributed by atoms with E-state index >= 15 is 0 Å². The number of methoxy groups -OCH3 is 2. The first-order valence-corrected chi connectivity index (χ1v) is 6.74. The van der Waals surface area contributed by atoms with Gasteiger partial charge in [0.1, 0.15) is 0 Å². The van der Waals surface area contributed by atoms with Crippen molar-refractivity contribution in [1.29, 1.82) is 0 Å². The summed E-state index contributed by atoms with van der Waals surface area (Å²) in [5.74, 6) is 1.36. The van der Waals surface area contributed by atoms with Crippen molar-refractivity contribution in [3.8, 4) is 11.5 Å². The molecule has 1 aromatic heterocycles. The summed E-state index contributed by atoms with van der Waals surface area (Å²) in [6, 6.07) is 10.9. The zero-order valence-corrected chi connectivity index (χ0v) is 12.5. The zero-order chi connectivity index (χ0) is 15.2. The van der Waals surface area contributed by atoms with Crippen molar-refractivity contribution in [3.05, 3.63) is 58.5 Å². The first-order valence-electron chi connectivity index (χ1n) is 6.74. The first-order chi connectivity index (χ1) is 10.2. The minimum atomic E-state index is -0.0155. The van der Waals surface area contributed by atoms with E-state index in [1.54, 1.807) is 37.1 Å². The maximum absolute atomic E-state index is 11.8. The number of nitrogens with one attached hydrogen (secondary N) is 1. The quantitative estimate of drug-likeness (QED) is 0.881. The van der Waals surface area contributed by atoms with Crippen LogP contribution < -0.4 is 20.3 Å². The lowest BCUT2D eigenvalue weighted by atomic mass is 10.1. The molecule has 0 radical (unpaired) electrons. The molecular formula is C16H20N2O3. The number of rotatable bonds is 6. The molecule has 0 aliphatic heterocycles. The molecule has 1 N–H and O–H groups in total. The van der Waals surface area contributed by atoms with Gasteiger partial charge in [-0.05, 0) is 30.8 Å². The number of nitrogens with zero attached hydrogens (tertiary/aromatic N) is 1. The molecule has 0 amide bonds. The summed E-state index contributed by atoms with van der Waals surface area (Å²) >= 11 is 0. The molecule has 1 atom stereocenters. The van der Waals surface area contributed by atoms with Crippen molar-refractivity contribution >= 4 is 0 Å². The van der Waals surface area contributed by atoms with Crippen LogP contribution in [0.4, 0.5) is 0 Å². The van der Waals surface area contributed by atoms with Gasteiger partial charge < -0.3 is 19.4 Å². The normalized spacial score (nSPS) is 12.0. The summed E-state index contributed by atoms with van der Waals surface area (Å²) in [4.78, 5) is 11.8. The highest BCUT2D eigenvalue weighted by atomic mass is 16.5. The van der Waals surface area contributed by atoms with Crippen molar-refractivity contribution < 1.29 is 9.47 Å². The van der Waals surface area contributed by atoms with Gasteiger partial charge in [-0.25, -0.2) is 0 Å². The van der Waals surface area contributed by atoms with Crippen LogP contribution in [0.25, 0.3) is 0 Å². The Labute approximate surface area is 124 Å². The molecule has 0 saturated heterocycles. The van der Waals surface area contributed by atoms with E-state index in [9.17, 15) is 4.79 Å². The summed E-state index contributed by atoms with van der Waals surface area (Å²) in [5, 5.41) is 3.23. The lowest BCUT2D eigenvalue weighted by Crippen LogP contribution is -2.27. The Bertz CT molecular complexity index is 652. The van der Waals surface area contributed by atoms with Gasteiger partial charge in [0.05, 0.1) is 20.3 Å². The van der Waals surface area contributed by atoms with E-state index in [4.69, 9.17) is 9.47 Å². The average Bonchev–Trinajstić information content (AvgIpc) is 2.53. The van der Waals surface area contributed by atoms with Crippen LogP contribution in [-0.4, -0.2) is 25.8 Å². The average molecular weight is 288 g/mol. The van der Waals surface area contributed by atoms with E-state index in [2.05, 4.69) is 5.32 Å². The van der Waals surface area contributed by atoms with E-state index in [1.807, 2.05) is 31.3 Å². The van der Waals surface area contributed by atoms with Crippen LogP contribution in [0, 0.1) is 0 Å². The molecule has 2 rings (SSSR count). The van der Waals surface area contributed by atoms with Gasteiger partial charge in [-0.15, -0.1) is 0 Å². The summed E-state index contributed by atoms with van der Waals surface area (Å²) in [5.41, 5.74) is 1.02. The lowest BCUT2D eigenvalue weighted by molar-refractivity contribution is 0.353. The summed E-state index contributed by atoms with van der Waals surface area (Å²) < 4.78 is 12.2. The predicted octanol–water partition coefficient (Wildman–Crippen LogP) is 1.83. The van der Waals surface area contributed by atoms with Crippen molar-refractivity contribution in [1.82, 2.24) is 9.88 Å². The van der Waals surface area contributed by atoms with Crippen molar-refractivity contribution in [2.24, 2.45) is 0 Å². The molecular weight excluding hydrogens is 268 g/mol. The summed E-state index contributed by atoms with van der Waals surface area (Å²) in [6.07, 6.45) is 1.79. The molecule has 1 unspecified atom stereocenters. The molecule has 21 heavy (non-hydrogen) atoms. The Morgan fingerprint density at radius 1 is 1.14 bits per heavy atom. The second-order valence-electron chi connectivity index (χ2n) is 4.65. The van der Waals surface area contributed by atoms with E-state index < -0.39 is 0 Å². The molecule has 0 saturated carbocycles. The maximum atomic E-state index is 11.8. The molecule has 0 aliphatic carbocycles. The Kier molecular flexibility index (Phi) is 5.00. The molecule has 0 fully saturated rings. The summed E-state index contributed by atoms with van der Waals surface area (Å²) in [7, 11) is 5.09. The van der Waals surface area contributed by atoms with Gasteiger partial charge >= 0.3 is 0 Å². The fraction of sp³-hybridized carbons (Fsp3) is 0.312. The minimum absolute atomic E-state index is 0.00454. The second kappa shape index (κ2) is 6.95. The number of aromatic nitrogens is 1. The zero-order valence-electron chi connectivity index (χ0n) is 12.5. The molecule has 0 spiro atoms. The molecule has 2 aromatic rings. The van der Waals surface area contributed by atoms with Gasteiger partial charge in [-0.3, -0.25) is 4.79 Å². The van der Waals surface area contributed by atoms with Gasteiger partial charge in [0.2, 0.25) is 0 Å². The number of hydrogen-bond donors (Lipinski definition) is 1. The minimum Gasteiger partial charge on any atom is -0.493 e. The van der Waals surface area contributed by atoms with Crippen molar-refractivity contribution in [2.75, 3.05) is 21.3 Å². The van der Waals surface area contributed by atoms with Crippen LogP contribution in [0.5, 0.6) is 11.5 Å². The third-order valence-corrected chi connectivity index (χ3v) is 3.44. The third kappa shape index (κ3) is 3.44. The van der Waals surface area contributed by atoms with Crippen LogP contribution in [-0.2, 0) is 6.54 Å². The highest BCUT2D eigenvalue weighted by Gasteiger charge is 2.13. The molecule has 112 valence electrons. The lowest BCUT2D eigenvalue weighted by Gasteiger charge is -2.19. The van der Waals surface area contributed by atoms with Crippen molar-refractivity contribution in [2.45, 2.75) is 12.6 Å². The number of hydrogen-bond acceptors (Lipinski definition) is 4. The van der Waals surface area contributed by atoms with Crippen LogP contribution in [0.15, 0.2) is 47.4 Å². The molecule has 1 heterocycles. The number of likely N-dealkylation sites (N-methyl/N-ethyl adjacent to an activating group) is 1. The van der Waals surface area contributed by atoms with Crippen LogP contribution in [0.3, 0.4) is 0 Å². The van der Waals surface area contributed by atoms with Crippen LogP contribution >= 0.6 is 0 Å². The smallest absolute Gasteiger partial charge is 0.250 e. The standard InChI is InChI=1S/C16H20N2O3/c1-17-13(11-18-9-5-4-6-16(18)19)12-7-8-14(20-2)15(10-12)21-3/h4-10,13,17H,11H2,1-3H3. The topological polar surface area (TPSA) is 52.5 Å². The molecule has 0 aliphatic rings. The van der Waals surface area contributed by atoms with E-state index in [0.29, 0.717) is 18.0 Å². The predicted molar refractivity (Wildman–Crippen MR) is 82.0 cm³/mol. The Morgan fingerprint density at radius 3 is 2.52 bits per heavy atom. The van der Waals surface area contributed by atoms with Crippen LogP contribution in [0.1, 0.15) is 11.6 Å². The Balaban J connectivity index is 2.29. The molecule has 1 aromatic carbocycles. The van der Waals surface area contributed by atoms with Crippen molar-refractivity contribution in [3.63, 3.8) is 0 Å². The first kappa shape index (κ1) is 15.1. The van der Waals surface area contributed by atoms with Gasteiger partial charge in [0.25, 0.3) is 5.56 Å². The largest absolute Gasteiger partial charge is 0.493 e. The van der Waals surface area contributed by atoms with E-state index in [-0.39, 0.29) is 11.6 Å². The van der Waals surface area contributed by atoms with E-state index in [1.165, 1.54) is 0 Å². The number of benzene rings is 1. The third-order valence-electron chi connectivity index (χ3n) is 3.44. The monoisotopic (exact) mass is 288 g/mol. The van der Waals surface area contributed by atoms with Gasteiger partial charge in [0.15, 0.2) is 11.5 Å². The molecule has 5 heteroatoms. The maximum Gasteiger partial charge on any atom is 0.250 e. The van der Waals surface area contributed by atoms with Gasteiger partial charge in [-0.2, -0.15) is 0 Å². The van der Waals surface area contributed by atoms with Gasteiger partial charge in [0, 0.05) is 18.8 Å². The highest BCUT2D eigenvalue weighted by Crippen LogP contribution is 2.30. The number of ether oxygens (including phenoxy) is 2. The van der Waals surface area contributed by atoms with E-state index in [0.717, 1.165) is 5.56 Å². The SMILES string of the molecule is CNC(Cn1ccccc1=O)c1ccc(OC)c(OC)c1. The fourth-order valence-corrected chi connectivity index (χ4v) is 2.24. The number of pyridine rings is 1. The Hall–Kier alpha value is -2.27. The molecule has 0 bridgehead atoms. The summed E-state index contributed by atoms with van der Waals surface area (Å²) in [6.45, 7) is 0.547.